The normalized spacial score (nSPS) is 10.9. The van der Waals surface area contributed by atoms with Crippen LogP contribution in [0.25, 0.3) is 0 Å². The maximum absolute atomic E-state index is 12.7. The van der Waals surface area contributed by atoms with E-state index < -0.39 is 17.8 Å². The van der Waals surface area contributed by atoms with Crippen LogP contribution in [0.15, 0.2) is 48.5 Å². The molecule has 138 valence electrons. The van der Waals surface area contributed by atoms with Crippen LogP contribution in [0, 0.1) is 0 Å². The van der Waals surface area contributed by atoms with Gasteiger partial charge in [-0.3, -0.25) is 4.79 Å². The lowest BCUT2D eigenvalue weighted by Crippen LogP contribution is -2.24. The largest absolute Gasteiger partial charge is 0.416 e. The highest BCUT2D eigenvalue weighted by Gasteiger charge is 2.30. The van der Waals surface area contributed by atoms with Crippen LogP contribution in [0.3, 0.4) is 0 Å². The summed E-state index contributed by atoms with van der Waals surface area (Å²) < 4.78 is 38.0. The minimum absolute atomic E-state index is 0.0212. The summed E-state index contributed by atoms with van der Waals surface area (Å²) in [4.78, 5) is 23.7. The van der Waals surface area contributed by atoms with Gasteiger partial charge in [0.1, 0.15) is 0 Å². The van der Waals surface area contributed by atoms with Crippen molar-refractivity contribution in [3.05, 3.63) is 59.7 Å². The fourth-order valence-corrected chi connectivity index (χ4v) is 2.11. The minimum Gasteiger partial charge on any atom is -0.352 e. The van der Waals surface area contributed by atoms with E-state index >= 15 is 0 Å². The number of carbonyl (C=O) groups is 2. The van der Waals surface area contributed by atoms with Gasteiger partial charge >= 0.3 is 12.2 Å². The molecule has 0 aliphatic heterocycles. The van der Waals surface area contributed by atoms with Crippen molar-refractivity contribution >= 4 is 23.3 Å². The number of urea groups is 1. The van der Waals surface area contributed by atoms with Gasteiger partial charge in [0.25, 0.3) is 5.91 Å². The Kier molecular flexibility index (Phi) is 6.21. The van der Waals surface area contributed by atoms with E-state index in [4.69, 9.17) is 0 Å². The van der Waals surface area contributed by atoms with Crippen molar-refractivity contribution in [3.8, 4) is 0 Å². The molecule has 0 unspecified atom stereocenters. The van der Waals surface area contributed by atoms with Gasteiger partial charge in [-0.2, -0.15) is 13.2 Å². The summed E-state index contributed by atoms with van der Waals surface area (Å²) >= 11 is 0. The van der Waals surface area contributed by atoms with Crippen LogP contribution in [-0.4, -0.2) is 18.5 Å². The Morgan fingerprint density at radius 2 is 1.62 bits per heavy atom. The van der Waals surface area contributed by atoms with E-state index in [1.54, 1.807) is 12.1 Å². The van der Waals surface area contributed by atoms with Gasteiger partial charge in [0.15, 0.2) is 0 Å². The second-order valence-corrected chi connectivity index (χ2v) is 5.49. The Morgan fingerprint density at radius 3 is 2.23 bits per heavy atom. The first-order valence-electron chi connectivity index (χ1n) is 7.93. The highest BCUT2D eigenvalue weighted by molar-refractivity contribution is 6.00. The first kappa shape index (κ1) is 19.3. The van der Waals surface area contributed by atoms with Crippen molar-refractivity contribution in [2.24, 2.45) is 0 Å². The quantitative estimate of drug-likeness (QED) is 0.731. The molecule has 5 nitrogen and oxygen atoms in total. The molecule has 26 heavy (non-hydrogen) atoms. The van der Waals surface area contributed by atoms with Crippen molar-refractivity contribution in [3.63, 3.8) is 0 Å². The Morgan fingerprint density at radius 1 is 0.962 bits per heavy atom. The summed E-state index contributed by atoms with van der Waals surface area (Å²) in [5.74, 6) is -0.216. The molecule has 0 saturated heterocycles. The summed E-state index contributed by atoms with van der Waals surface area (Å²) in [6, 6.07) is 9.81. The SMILES string of the molecule is CCCNC(=O)c1ccc(NC(=O)Nc2cccc(C(F)(F)F)c2)cc1. The number of nitrogens with one attached hydrogen (secondary N) is 3. The monoisotopic (exact) mass is 365 g/mol. The molecule has 0 spiro atoms. The first-order valence-corrected chi connectivity index (χ1v) is 7.93. The maximum Gasteiger partial charge on any atom is 0.416 e. The van der Waals surface area contributed by atoms with E-state index in [0.717, 1.165) is 18.6 Å². The number of halogens is 3. The molecule has 0 aliphatic carbocycles. The number of carbonyl (C=O) groups excluding carboxylic acids is 2. The fourth-order valence-electron chi connectivity index (χ4n) is 2.11. The van der Waals surface area contributed by atoms with Gasteiger partial charge in [-0.1, -0.05) is 13.0 Å². The number of benzene rings is 2. The number of amides is 3. The van der Waals surface area contributed by atoms with Gasteiger partial charge in [-0.05, 0) is 48.9 Å². The summed E-state index contributed by atoms with van der Waals surface area (Å²) in [5, 5.41) is 7.56. The van der Waals surface area contributed by atoms with E-state index in [2.05, 4.69) is 16.0 Å². The molecule has 3 amide bonds. The standard InChI is InChI=1S/C18H18F3N3O2/c1-2-10-22-16(25)12-6-8-14(9-7-12)23-17(26)24-15-5-3-4-13(11-15)18(19,20)21/h3-9,11H,2,10H2,1H3,(H,22,25)(H2,23,24,26). The molecule has 0 aromatic heterocycles. The minimum atomic E-state index is -4.48. The molecule has 3 N–H and O–H groups in total. The molecule has 2 aromatic carbocycles. The molecule has 2 aromatic rings. The number of rotatable bonds is 5. The number of hydrogen-bond acceptors (Lipinski definition) is 2. The molecule has 2 rings (SSSR count). The molecule has 0 fully saturated rings. The fraction of sp³-hybridized carbons (Fsp3) is 0.222. The third kappa shape index (κ3) is 5.51. The second-order valence-electron chi connectivity index (χ2n) is 5.49. The third-order valence-electron chi connectivity index (χ3n) is 3.39. The smallest absolute Gasteiger partial charge is 0.352 e. The first-order chi connectivity index (χ1) is 12.3. The average molecular weight is 365 g/mol. The summed E-state index contributed by atoms with van der Waals surface area (Å²) in [6.07, 6.45) is -3.66. The van der Waals surface area contributed by atoms with E-state index in [1.165, 1.54) is 24.3 Å². The van der Waals surface area contributed by atoms with Gasteiger partial charge in [-0.25, -0.2) is 4.79 Å². The summed E-state index contributed by atoms with van der Waals surface area (Å²) in [7, 11) is 0. The lowest BCUT2D eigenvalue weighted by Gasteiger charge is -2.11. The van der Waals surface area contributed by atoms with Crippen molar-refractivity contribution in [2.45, 2.75) is 19.5 Å². The van der Waals surface area contributed by atoms with Gasteiger partial charge in [0, 0.05) is 23.5 Å². The number of alkyl halides is 3. The Labute approximate surface area is 148 Å². The van der Waals surface area contributed by atoms with Gasteiger partial charge < -0.3 is 16.0 Å². The Bertz CT molecular complexity index is 774. The highest BCUT2D eigenvalue weighted by Crippen LogP contribution is 2.30. The van der Waals surface area contributed by atoms with Crippen LogP contribution in [0.1, 0.15) is 29.3 Å². The van der Waals surface area contributed by atoms with Gasteiger partial charge in [0.2, 0.25) is 0 Å². The Hall–Kier alpha value is -3.03. The molecular formula is C18H18F3N3O2. The van der Waals surface area contributed by atoms with Gasteiger partial charge in [0.05, 0.1) is 5.56 Å². The predicted molar refractivity (Wildman–Crippen MR) is 93.2 cm³/mol. The topological polar surface area (TPSA) is 70.2 Å². The van der Waals surface area contributed by atoms with Crippen LogP contribution in [0.2, 0.25) is 0 Å². The molecule has 0 radical (unpaired) electrons. The van der Waals surface area contributed by atoms with Crippen LogP contribution >= 0.6 is 0 Å². The summed E-state index contributed by atoms with van der Waals surface area (Å²) in [5.41, 5.74) is 0.0226. The van der Waals surface area contributed by atoms with Crippen molar-refractivity contribution in [1.29, 1.82) is 0 Å². The maximum atomic E-state index is 12.7. The lowest BCUT2D eigenvalue weighted by atomic mass is 10.2. The van der Waals surface area contributed by atoms with E-state index in [-0.39, 0.29) is 11.6 Å². The molecule has 0 aliphatic rings. The zero-order valence-corrected chi connectivity index (χ0v) is 14.0. The van der Waals surface area contributed by atoms with Crippen LogP contribution < -0.4 is 16.0 Å². The van der Waals surface area contributed by atoms with Crippen molar-refractivity contribution in [2.75, 3.05) is 17.2 Å². The Balaban J connectivity index is 1.97. The molecule has 0 atom stereocenters. The van der Waals surface area contributed by atoms with Gasteiger partial charge in [-0.15, -0.1) is 0 Å². The molecule has 0 heterocycles. The van der Waals surface area contributed by atoms with Crippen molar-refractivity contribution < 1.29 is 22.8 Å². The van der Waals surface area contributed by atoms with Crippen LogP contribution in [-0.2, 0) is 6.18 Å². The second kappa shape index (κ2) is 8.37. The zero-order valence-electron chi connectivity index (χ0n) is 14.0. The number of hydrogen-bond donors (Lipinski definition) is 3. The van der Waals surface area contributed by atoms with Crippen LogP contribution in [0.4, 0.5) is 29.3 Å². The lowest BCUT2D eigenvalue weighted by molar-refractivity contribution is -0.137. The average Bonchev–Trinajstić information content (AvgIpc) is 2.59. The molecular weight excluding hydrogens is 347 g/mol. The van der Waals surface area contributed by atoms with E-state index in [9.17, 15) is 22.8 Å². The van der Waals surface area contributed by atoms with E-state index in [0.29, 0.717) is 17.8 Å². The van der Waals surface area contributed by atoms with Crippen LogP contribution in [0.5, 0.6) is 0 Å². The predicted octanol–water partition coefficient (Wildman–Crippen LogP) is 4.49. The molecule has 0 saturated carbocycles. The summed E-state index contributed by atoms with van der Waals surface area (Å²) in [6.45, 7) is 2.51. The molecule has 8 heteroatoms. The number of anilines is 2. The van der Waals surface area contributed by atoms with Crippen molar-refractivity contribution in [1.82, 2.24) is 5.32 Å². The third-order valence-corrected chi connectivity index (χ3v) is 3.39. The zero-order chi connectivity index (χ0) is 19.2. The highest BCUT2D eigenvalue weighted by atomic mass is 19.4. The van der Waals surface area contributed by atoms with E-state index in [1.807, 2.05) is 6.92 Å². The molecule has 0 bridgehead atoms.